The van der Waals surface area contributed by atoms with Crippen molar-refractivity contribution in [3.8, 4) is 11.5 Å². The molecule has 0 amide bonds. The lowest BCUT2D eigenvalue weighted by Crippen LogP contribution is -1.88. The van der Waals surface area contributed by atoms with E-state index in [-0.39, 0.29) is 5.82 Å². The summed E-state index contributed by atoms with van der Waals surface area (Å²) in [5, 5.41) is 0. The summed E-state index contributed by atoms with van der Waals surface area (Å²) < 4.78 is 19.4. The van der Waals surface area contributed by atoms with E-state index < -0.39 is 0 Å². The highest BCUT2D eigenvalue weighted by molar-refractivity contribution is 9.10. The topological polar surface area (TPSA) is 9.23 Å². The molecule has 0 spiro atoms. The molecule has 0 aliphatic heterocycles. The third-order valence-electron chi connectivity index (χ3n) is 2.17. The monoisotopic (exact) mass is 314 g/mol. The van der Waals surface area contributed by atoms with Gasteiger partial charge < -0.3 is 4.74 Å². The van der Waals surface area contributed by atoms with Crippen molar-refractivity contribution in [2.45, 2.75) is 5.88 Å². The van der Waals surface area contributed by atoms with Gasteiger partial charge >= 0.3 is 0 Å². The summed E-state index contributed by atoms with van der Waals surface area (Å²) in [7, 11) is 0. The van der Waals surface area contributed by atoms with E-state index in [1.54, 1.807) is 12.1 Å². The predicted octanol–water partition coefficient (Wildman–Crippen LogP) is 5.12. The minimum absolute atomic E-state index is 0.336. The second-order valence-corrected chi connectivity index (χ2v) is 4.58. The van der Waals surface area contributed by atoms with Crippen molar-refractivity contribution in [1.82, 2.24) is 0 Å². The van der Waals surface area contributed by atoms with E-state index in [0.29, 0.717) is 21.9 Å². The summed E-state index contributed by atoms with van der Waals surface area (Å²) in [4.78, 5) is 0. The minimum Gasteiger partial charge on any atom is -0.456 e. The van der Waals surface area contributed by atoms with E-state index in [9.17, 15) is 4.39 Å². The molecule has 0 saturated carbocycles. The van der Waals surface area contributed by atoms with E-state index in [0.717, 1.165) is 5.56 Å². The van der Waals surface area contributed by atoms with Crippen LogP contribution in [0.15, 0.2) is 46.9 Å². The fourth-order valence-electron chi connectivity index (χ4n) is 1.37. The van der Waals surface area contributed by atoms with Crippen LogP contribution >= 0.6 is 27.5 Å². The average molecular weight is 316 g/mol. The zero-order chi connectivity index (χ0) is 12.3. The predicted molar refractivity (Wildman–Crippen MR) is 70.2 cm³/mol. The third kappa shape index (κ3) is 3.20. The van der Waals surface area contributed by atoms with Gasteiger partial charge in [0.25, 0.3) is 0 Å². The van der Waals surface area contributed by atoms with Crippen molar-refractivity contribution in [3.63, 3.8) is 0 Å². The third-order valence-corrected chi connectivity index (χ3v) is 3.14. The maximum atomic E-state index is 13.1. The maximum Gasteiger partial charge on any atom is 0.144 e. The molecule has 0 N–H and O–H groups in total. The smallest absolute Gasteiger partial charge is 0.144 e. The molecular formula is C13H9BrClFO. The van der Waals surface area contributed by atoms with Gasteiger partial charge in [-0.15, -0.1) is 11.6 Å². The largest absolute Gasteiger partial charge is 0.456 e. The summed E-state index contributed by atoms with van der Waals surface area (Å²) in [5.41, 5.74) is 0.955. The van der Waals surface area contributed by atoms with Crippen LogP contribution in [-0.2, 0) is 5.88 Å². The Morgan fingerprint density at radius 2 is 2.00 bits per heavy atom. The fourth-order valence-corrected chi connectivity index (χ4v) is 1.87. The van der Waals surface area contributed by atoms with E-state index in [2.05, 4.69) is 15.9 Å². The minimum atomic E-state index is -0.336. The highest BCUT2D eigenvalue weighted by Gasteiger charge is 2.04. The Morgan fingerprint density at radius 3 is 2.76 bits per heavy atom. The first-order valence-corrected chi connectivity index (χ1v) is 6.29. The second kappa shape index (κ2) is 5.52. The van der Waals surface area contributed by atoms with Gasteiger partial charge in [0.05, 0.1) is 4.47 Å². The standard InChI is InChI=1S/C13H9BrClFO/c14-12-5-4-10(16)7-13(12)17-11-3-1-2-9(6-11)8-15/h1-7H,8H2. The van der Waals surface area contributed by atoms with Crippen molar-refractivity contribution in [1.29, 1.82) is 0 Å². The lowest BCUT2D eigenvalue weighted by molar-refractivity contribution is 0.473. The number of halogens is 3. The Balaban J connectivity index is 2.27. The molecule has 2 aromatic rings. The maximum absolute atomic E-state index is 13.1. The number of ether oxygens (including phenoxy) is 1. The Bertz CT molecular complexity index is 531. The number of alkyl halides is 1. The Morgan fingerprint density at radius 1 is 1.18 bits per heavy atom. The highest BCUT2D eigenvalue weighted by atomic mass is 79.9. The first kappa shape index (κ1) is 12.4. The van der Waals surface area contributed by atoms with Crippen LogP contribution in [0.5, 0.6) is 11.5 Å². The van der Waals surface area contributed by atoms with Crippen LogP contribution in [0.1, 0.15) is 5.56 Å². The molecule has 2 aromatic carbocycles. The van der Waals surface area contributed by atoms with E-state index in [1.165, 1.54) is 12.1 Å². The van der Waals surface area contributed by atoms with Gasteiger partial charge in [-0.05, 0) is 45.8 Å². The molecule has 0 unspecified atom stereocenters. The van der Waals surface area contributed by atoms with Crippen LogP contribution in [0.25, 0.3) is 0 Å². The molecule has 0 aliphatic rings. The molecule has 17 heavy (non-hydrogen) atoms. The number of benzene rings is 2. The molecule has 2 rings (SSSR count). The summed E-state index contributed by atoms with van der Waals surface area (Å²) in [5.74, 6) is 1.16. The Hall–Kier alpha value is -1.06. The van der Waals surface area contributed by atoms with E-state index in [4.69, 9.17) is 16.3 Å². The summed E-state index contributed by atoms with van der Waals surface area (Å²) in [6.07, 6.45) is 0. The number of hydrogen-bond donors (Lipinski definition) is 0. The molecule has 1 nitrogen and oxygen atoms in total. The van der Waals surface area contributed by atoms with Crippen LogP contribution in [0, 0.1) is 5.82 Å². The van der Waals surface area contributed by atoms with Crippen LogP contribution in [0.2, 0.25) is 0 Å². The zero-order valence-electron chi connectivity index (χ0n) is 8.79. The van der Waals surface area contributed by atoms with Crippen LogP contribution < -0.4 is 4.74 Å². The lowest BCUT2D eigenvalue weighted by Gasteiger charge is -2.08. The average Bonchev–Trinajstić information content (AvgIpc) is 2.34. The summed E-state index contributed by atoms with van der Waals surface area (Å²) >= 11 is 9.04. The normalized spacial score (nSPS) is 10.3. The molecule has 0 bridgehead atoms. The van der Waals surface area contributed by atoms with Gasteiger partial charge in [0.2, 0.25) is 0 Å². The molecular weight excluding hydrogens is 306 g/mol. The first-order valence-electron chi connectivity index (χ1n) is 4.97. The number of rotatable bonds is 3. The Kier molecular flexibility index (Phi) is 4.02. The van der Waals surface area contributed by atoms with Crippen LogP contribution in [0.3, 0.4) is 0 Å². The van der Waals surface area contributed by atoms with Crippen molar-refractivity contribution in [3.05, 3.63) is 58.3 Å². The highest BCUT2D eigenvalue weighted by Crippen LogP contribution is 2.30. The SMILES string of the molecule is Fc1ccc(Br)c(Oc2cccc(CCl)c2)c1. The summed E-state index contributed by atoms with van der Waals surface area (Å²) in [6, 6.07) is 11.7. The van der Waals surface area contributed by atoms with Crippen LogP contribution in [0.4, 0.5) is 4.39 Å². The van der Waals surface area contributed by atoms with Gasteiger partial charge in [-0.25, -0.2) is 4.39 Å². The molecule has 4 heteroatoms. The molecule has 88 valence electrons. The van der Waals surface area contributed by atoms with Crippen molar-refractivity contribution in [2.24, 2.45) is 0 Å². The van der Waals surface area contributed by atoms with Crippen molar-refractivity contribution in [2.75, 3.05) is 0 Å². The quantitative estimate of drug-likeness (QED) is 0.714. The van der Waals surface area contributed by atoms with Crippen molar-refractivity contribution >= 4 is 27.5 Å². The molecule has 0 aromatic heterocycles. The van der Waals surface area contributed by atoms with E-state index in [1.807, 2.05) is 18.2 Å². The Labute approximate surface area is 112 Å². The van der Waals surface area contributed by atoms with Gasteiger partial charge in [-0.1, -0.05) is 12.1 Å². The van der Waals surface area contributed by atoms with Gasteiger partial charge in [0.1, 0.15) is 17.3 Å². The molecule has 0 atom stereocenters. The molecule has 0 fully saturated rings. The number of hydrogen-bond acceptors (Lipinski definition) is 1. The van der Waals surface area contributed by atoms with Crippen LogP contribution in [-0.4, -0.2) is 0 Å². The second-order valence-electron chi connectivity index (χ2n) is 3.46. The molecule has 0 heterocycles. The fraction of sp³-hybridized carbons (Fsp3) is 0.0769. The zero-order valence-corrected chi connectivity index (χ0v) is 11.1. The van der Waals surface area contributed by atoms with Gasteiger partial charge in [-0.3, -0.25) is 0 Å². The van der Waals surface area contributed by atoms with Gasteiger partial charge in [0.15, 0.2) is 0 Å². The van der Waals surface area contributed by atoms with Gasteiger partial charge in [-0.2, -0.15) is 0 Å². The van der Waals surface area contributed by atoms with Gasteiger partial charge in [0, 0.05) is 11.9 Å². The lowest BCUT2D eigenvalue weighted by atomic mass is 10.2. The molecule has 0 radical (unpaired) electrons. The first-order chi connectivity index (χ1) is 8.19. The molecule has 0 saturated heterocycles. The van der Waals surface area contributed by atoms with Crippen molar-refractivity contribution < 1.29 is 9.13 Å². The summed E-state index contributed by atoms with van der Waals surface area (Å²) in [6.45, 7) is 0. The van der Waals surface area contributed by atoms with E-state index >= 15 is 0 Å². The molecule has 0 aliphatic carbocycles.